The lowest BCUT2D eigenvalue weighted by atomic mass is 9.90. The standard InChI is InChI=1S/C13H20BrN/c1-3-10(4-2)13(15)9-11-7-5-6-8-12(11)14/h5-8,10,13H,3-4,9,15H2,1-2H3. The first-order valence-corrected chi connectivity index (χ1v) is 6.47. The first-order valence-electron chi connectivity index (χ1n) is 5.68. The topological polar surface area (TPSA) is 26.0 Å². The second kappa shape index (κ2) is 6.29. The highest BCUT2D eigenvalue weighted by Crippen LogP contribution is 2.21. The molecule has 1 aromatic rings. The van der Waals surface area contributed by atoms with Gasteiger partial charge in [-0.05, 0) is 24.0 Å². The van der Waals surface area contributed by atoms with Crippen molar-refractivity contribution in [1.29, 1.82) is 0 Å². The van der Waals surface area contributed by atoms with E-state index >= 15 is 0 Å². The highest BCUT2D eigenvalue weighted by molar-refractivity contribution is 9.10. The fourth-order valence-corrected chi connectivity index (χ4v) is 2.43. The fraction of sp³-hybridized carbons (Fsp3) is 0.538. The molecule has 2 N–H and O–H groups in total. The third-order valence-corrected chi connectivity index (χ3v) is 3.84. The summed E-state index contributed by atoms with van der Waals surface area (Å²) in [5, 5.41) is 0. The summed E-state index contributed by atoms with van der Waals surface area (Å²) in [5.74, 6) is 0.636. The molecule has 0 heterocycles. The van der Waals surface area contributed by atoms with E-state index in [4.69, 9.17) is 5.73 Å². The minimum absolute atomic E-state index is 0.277. The van der Waals surface area contributed by atoms with Gasteiger partial charge in [-0.25, -0.2) is 0 Å². The van der Waals surface area contributed by atoms with Gasteiger partial charge in [0.2, 0.25) is 0 Å². The normalized spacial score (nSPS) is 13.1. The summed E-state index contributed by atoms with van der Waals surface area (Å²) >= 11 is 3.56. The van der Waals surface area contributed by atoms with Crippen LogP contribution in [0.2, 0.25) is 0 Å². The SMILES string of the molecule is CCC(CC)C(N)Cc1ccccc1Br. The lowest BCUT2D eigenvalue weighted by Gasteiger charge is -2.21. The Morgan fingerprint density at radius 3 is 2.33 bits per heavy atom. The van der Waals surface area contributed by atoms with Gasteiger partial charge in [0.1, 0.15) is 0 Å². The Morgan fingerprint density at radius 2 is 1.80 bits per heavy atom. The van der Waals surface area contributed by atoms with Crippen molar-refractivity contribution in [3.8, 4) is 0 Å². The van der Waals surface area contributed by atoms with Gasteiger partial charge >= 0.3 is 0 Å². The number of rotatable bonds is 5. The van der Waals surface area contributed by atoms with Crippen molar-refractivity contribution in [2.45, 2.75) is 39.2 Å². The van der Waals surface area contributed by atoms with E-state index in [1.807, 2.05) is 6.07 Å². The van der Waals surface area contributed by atoms with Crippen LogP contribution in [0, 0.1) is 5.92 Å². The zero-order chi connectivity index (χ0) is 11.3. The molecular formula is C13H20BrN. The molecule has 0 spiro atoms. The van der Waals surface area contributed by atoms with E-state index in [-0.39, 0.29) is 6.04 Å². The summed E-state index contributed by atoms with van der Waals surface area (Å²) in [5.41, 5.74) is 7.54. The average Bonchev–Trinajstić information content (AvgIpc) is 2.23. The number of halogens is 1. The molecule has 0 aliphatic heterocycles. The maximum atomic E-state index is 6.22. The van der Waals surface area contributed by atoms with Crippen LogP contribution in [0.4, 0.5) is 0 Å². The largest absolute Gasteiger partial charge is 0.327 e. The van der Waals surface area contributed by atoms with E-state index in [0.717, 1.165) is 6.42 Å². The Hall–Kier alpha value is -0.340. The number of benzene rings is 1. The van der Waals surface area contributed by atoms with Crippen molar-refractivity contribution >= 4 is 15.9 Å². The molecule has 0 radical (unpaired) electrons. The molecule has 0 aliphatic carbocycles. The minimum atomic E-state index is 0.277. The van der Waals surface area contributed by atoms with Crippen molar-refractivity contribution in [3.63, 3.8) is 0 Å². The molecule has 0 bridgehead atoms. The average molecular weight is 270 g/mol. The lowest BCUT2D eigenvalue weighted by Crippen LogP contribution is -2.31. The van der Waals surface area contributed by atoms with E-state index in [2.05, 4.69) is 48.0 Å². The van der Waals surface area contributed by atoms with Crippen LogP contribution in [0.5, 0.6) is 0 Å². The quantitative estimate of drug-likeness (QED) is 0.866. The zero-order valence-corrected chi connectivity index (χ0v) is 11.1. The summed E-state index contributed by atoms with van der Waals surface area (Å²) in [7, 11) is 0. The first kappa shape index (κ1) is 12.7. The number of nitrogens with two attached hydrogens (primary N) is 1. The highest BCUT2D eigenvalue weighted by atomic mass is 79.9. The predicted octanol–water partition coefficient (Wildman–Crippen LogP) is 3.76. The maximum Gasteiger partial charge on any atom is 0.0207 e. The molecule has 1 aromatic carbocycles. The Bertz CT molecular complexity index is 294. The molecule has 2 heteroatoms. The van der Waals surface area contributed by atoms with Gasteiger partial charge in [0.25, 0.3) is 0 Å². The van der Waals surface area contributed by atoms with Crippen molar-refractivity contribution in [3.05, 3.63) is 34.3 Å². The van der Waals surface area contributed by atoms with Crippen LogP contribution in [0.15, 0.2) is 28.7 Å². The lowest BCUT2D eigenvalue weighted by molar-refractivity contribution is 0.393. The van der Waals surface area contributed by atoms with E-state index in [1.165, 1.54) is 22.9 Å². The van der Waals surface area contributed by atoms with Crippen molar-refractivity contribution in [2.24, 2.45) is 11.7 Å². The summed E-state index contributed by atoms with van der Waals surface area (Å²) < 4.78 is 1.17. The molecule has 1 atom stereocenters. The van der Waals surface area contributed by atoms with Crippen LogP contribution in [0.1, 0.15) is 32.3 Å². The van der Waals surface area contributed by atoms with Gasteiger partial charge in [0, 0.05) is 10.5 Å². The minimum Gasteiger partial charge on any atom is -0.327 e. The smallest absolute Gasteiger partial charge is 0.0207 e. The van der Waals surface area contributed by atoms with Gasteiger partial charge in [-0.3, -0.25) is 0 Å². The molecule has 15 heavy (non-hydrogen) atoms. The third kappa shape index (κ3) is 3.62. The second-order valence-electron chi connectivity index (χ2n) is 4.04. The monoisotopic (exact) mass is 269 g/mol. The van der Waals surface area contributed by atoms with Gasteiger partial charge in [0.15, 0.2) is 0 Å². The van der Waals surface area contributed by atoms with Gasteiger partial charge in [-0.1, -0.05) is 60.8 Å². The van der Waals surface area contributed by atoms with Crippen molar-refractivity contribution in [1.82, 2.24) is 0 Å². The number of hydrogen-bond donors (Lipinski definition) is 1. The molecule has 0 saturated heterocycles. The molecule has 0 aromatic heterocycles. The molecular weight excluding hydrogens is 250 g/mol. The molecule has 0 fully saturated rings. The zero-order valence-electron chi connectivity index (χ0n) is 9.54. The second-order valence-corrected chi connectivity index (χ2v) is 4.89. The highest BCUT2D eigenvalue weighted by Gasteiger charge is 2.15. The Balaban J connectivity index is 2.65. The van der Waals surface area contributed by atoms with Crippen LogP contribution in [-0.4, -0.2) is 6.04 Å². The summed E-state index contributed by atoms with van der Waals surface area (Å²) in [6.45, 7) is 4.43. The van der Waals surface area contributed by atoms with Crippen LogP contribution >= 0.6 is 15.9 Å². The molecule has 0 aliphatic rings. The van der Waals surface area contributed by atoms with Crippen LogP contribution in [0.3, 0.4) is 0 Å². The molecule has 1 unspecified atom stereocenters. The van der Waals surface area contributed by atoms with E-state index in [9.17, 15) is 0 Å². The first-order chi connectivity index (χ1) is 7.19. The van der Waals surface area contributed by atoms with E-state index in [0.29, 0.717) is 5.92 Å². The van der Waals surface area contributed by atoms with Crippen LogP contribution in [0.25, 0.3) is 0 Å². The predicted molar refractivity (Wildman–Crippen MR) is 69.9 cm³/mol. The molecule has 1 rings (SSSR count). The van der Waals surface area contributed by atoms with Crippen molar-refractivity contribution in [2.75, 3.05) is 0 Å². The van der Waals surface area contributed by atoms with Gasteiger partial charge < -0.3 is 5.73 Å². The molecule has 0 saturated carbocycles. The maximum absolute atomic E-state index is 6.22. The summed E-state index contributed by atoms with van der Waals surface area (Å²) in [6.07, 6.45) is 3.30. The van der Waals surface area contributed by atoms with Crippen LogP contribution in [-0.2, 0) is 6.42 Å². The van der Waals surface area contributed by atoms with E-state index < -0.39 is 0 Å². The molecule has 0 amide bonds. The van der Waals surface area contributed by atoms with E-state index in [1.54, 1.807) is 0 Å². The number of hydrogen-bond acceptors (Lipinski definition) is 1. The fourth-order valence-electron chi connectivity index (χ4n) is 1.98. The molecule has 1 nitrogen and oxygen atoms in total. The Labute approximate surface area is 101 Å². The van der Waals surface area contributed by atoms with Crippen LogP contribution < -0.4 is 5.73 Å². The van der Waals surface area contributed by atoms with Gasteiger partial charge in [-0.2, -0.15) is 0 Å². The third-order valence-electron chi connectivity index (χ3n) is 3.07. The van der Waals surface area contributed by atoms with Gasteiger partial charge in [0.05, 0.1) is 0 Å². The Morgan fingerprint density at radius 1 is 1.20 bits per heavy atom. The summed E-state index contributed by atoms with van der Waals surface area (Å²) in [6, 6.07) is 8.61. The van der Waals surface area contributed by atoms with Crippen molar-refractivity contribution < 1.29 is 0 Å². The van der Waals surface area contributed by atoms with Gasteiger partial charge in [-0.15, -0.1) is 0 Å². The summed E-state index contributed by atoms with van der Waals surface area (Å²) in [4.78, 5) is 0. The Kier molecular flexibility index (Phi) is 5.34. The molecule has 84 valence electrons.